The molecular formula is C18H17N3O3S2. The van der Waals surface area contributed by atoms with E-state index >= 15 is 0 Å². The summed E-state index contributed by atoms with van der Waals surface area (Å²) < 4.78 is 7.67. The fourth-order valence-electron chi connectivity index (χ4n) is 2.63. The van der Waals surface area contributed by atoms with E-state index < -0.39 is 5.91 Å². The molecule has 0 aliphatic carbocycles. The molecule has 26 heavy (non-hydrogen) atoms. The van der Waals surface area contributed by atoms with Crippen LogP contribution in [0.5, 0.6) is 5.75 Å². The molecule has 1 aliphatic rings. The molecule has 0 unspecified atom stereocenters. The van der Waals surface area contributed by atoms with E-state index in [1.165, 1.54) is 16.8 Å². The molecule has 2 N–H and O–H groups in total. The fourth-order valence-corrected chi connectivity index (χ4v) is 3.86. The molecule has 3 rings (SSSR count). The molecule has 8 heteroatoms. The number of primary amides is 1. The van der Waals surface area contributed by atoms with Crippen LogP contribution in [0, 0.1) is 13.8 Å². The second-order valence-electron chi connectivity index (χ2n) is 5.71. The highest BCUT2D eigenvalue weighted by Crippen LogP contribution is 2.34. The van der Waals surface area contributed by atoms with Gasteiger partial charge in [0.25, 0.3) is 11.8 Å². The average Bonchev–Trinajstić information content (AvgIpc) is 3.05. The summed E-state index contributed by atoms with van der Waals surface area (Å²) in [7, 11) is 0. The van der Waals surface area contributed by atoms with Gasteiger partial charge in [-0.25, -0.2) is 0 Å². The number of carbonyl (C=O) groups excluding carboxylic acids is 2. The zero-order valence-electron chi connectivity index (χ0n) is 14.3. The number of hydrogen-bond donors (Lipinski definition) is 1. The highest BCUT2D eigenvalue weighted by molar-refractivity contribution is 8.27. The van der Waals surface area contributed by atoms with Crippen LogP contribution in [0.4, 0.5) is 0 Å². The Balaban J connectivity index is 1.93. The maximum atomic E-state index is 12.9. The maximum absolute atomic E-state index is 12.9. The predicted molar refractivity (Wildman–Crippen MR) is 106 cm³/mol. The minimum atomic E-state index is -0.565. The summed E-state index contributed by atoms with van der Waals surface area (Å²) in [5.74, 6) is -0.290. The van der Waals surface area contributed by atoms with Crippen LogP contribution in [0.25, 0.3) is 6.08 Å². The van der Waals surface area contributed by atoms with E-state index in [-0.39, 0.29) is 12.5 Å². The molecule has 1 aromatic heterocycles. The molecule has 134 valence electrons. The number of aryl methyl sites for hydroxylation is 2. The van der Waals surface area contributed by atoms with Crippen molar-refractivity contribution in [3.05, 3.63) is 58.3 Å². The highest BCUT2D eigenvalue weighted by Gasteiger charge is 2.34. The highest BCUT2D eigenvalue weighted by atomic mass is 32.2. The van der Waals surface area contributed by atoms with Crippen LogP contribution in [0.1, 0.15) is 17.0 Å². The van der Waals surface area contributed by atoms with Crippen LogP contribution in [0.2, 0.25) is 0 Å². The summed E-state index contributed by atoms with van der Waals surface area (Å²) in [5, 5.41) is 1.49. The van der Waals surface area contributed by atoms with Crippen molar-refractivity contribution in [1.82, 2.24) is 4.68 Å². The Bertz CT molecular complexity index is 914. The summed E-state index contributed by atoms with van der Waals surface area (Å²) >= 11 is 6.64. The Morgan fingerprint density at radius 3 is 2.54 bits per heavy atom. The van der Waals surface area contributed by atoms with Crippen LogP contribution in [0.15, 0.2) is 41.3 Å². The number of para-hydroxylation sites is 1. The minimum absolute atomic E-state index is 0.202. The average molecular weight is 387 g/mol. The Labute approximate surface area is 160 Å². The van der Waals surface area contributed by atoms with Gasteiger partial charge < -0.3 is 10.5 Å². The van der Waals surface area contributed by atoms with Crippen LogP contribution in [0.3, 0.4) is 0 Å². The van der Waals surface area contributed by atoms with Crippen molar-refractivity contribution < 1.29 is 14.3 Å². The molecule has 6 nitrogen and oxygen atoms in total. The number of carbonyl (C=O) groups is 2. The van der Waals surface area contributed by atoms with Gasteiger partial charge in [-0.05, 0) is 50.3 Å². The van der Waals surface area contributed by atoms with Crippen molar-refractivity contribution >= 4 is 46.2 Å². The quantitative estimate of drug-likeness (QED) is 0.630. The van der Waals surface area contributed by atoms with E-state index in [9.17, 15) is 9.59 Å². The lowest BCUT2D eigenvalue weighted by molar-refractivity contribution is -0.120. The standard InChI is InChI=1S/C18H17N3O3S2/c1-11-7-8-12(2)20(11)21-17(23)15(26-18(21)25)9-13-5-3-4-6-14(13)24-10-16(19)22/h3-9H,10H2,1-2H3,(H2,19,22)/b15-9+. The number of ether oxygens (including phenoxy) is 1. The number of hydrogen-bond acceptors (Lipinski definition) is 5. The minimum Gasteiger partial charge on any atom is -0.483 e. The Morgan fingerprint density at radius 2 is 1.88 bits per heavy atom. The smallest absolute Gasteiger partial charge is 0.285 e. The number of thiocarbonyl (C=S) groups is 1. The van der Waals surface area contributed by atoms with Gasteiger partial charge in [0.05, 0.1) is 4.91 Å². The predicted octanol–water partition coefficient (Wildman–Crippen LogP) is 2.51. The maximum Gasteiger partial charge on any atom is 0.285 e. The first kappa shape index (κ1) is 18.2. The molecule has 0 saturated carbocycles. The van der Waals surface area contributed by atoms with E-state index in [2.05, 4.69) is 0 Å². The lowest BCUT2D eigenvalue weighted by Gasteiger charge is -2.20. The molecule has 1 aliphatic heterocycles. The fraction of sp³-hybridized carbons (Fsp3) is 0.167. The summed E-state index contributed by atoms with van der Waals surface area (Å²) in [5.41, 5.74) is 7.65. The van der Waals surface area contributed by atoms with Gasteiger partial charge >= 0.3 is 0 Å². The second-order valence-corrected chi connectivity index (χ2v) is 7.39. The number of nitrogens with zero attached hydrogens (tertiary/aromatic N) is 2. The molecule has 1 aromatic carbocycles. The summed E-state index contributed by atoms with van der Waals surface area (Å²) in [6.07, 6.45) is 1.71. The normalized spacial score (nSPS) is 15.8. The first-order chi connectivity index (χ1) is 12.4. The zero-order valence-corrected chi connectivity index (χ0v) is 15.9. The number of amides is 2. The molecular weight excluding hydrogens is 370 g/mol. The van der Waals surface area contributed by atoms with Gasteiger partial charge in [0.15, 0.2) is 10.9 Å². The molecule has 0 spiro atoms. The molecule has 2 amide bonds. The van der Waals surface area contributed by atoms with Gasteiger partial charge in [0.1, 0.15) is 5.75 Å². The molecule has 0 atom stereocenters. The van der Waals surface area contributed by atoms with E-state index in [0.717, 1.165) is 11.4 Å². The van der Waals surface area contributed by atoms with Gasteiger partial charge in [-0.3, -0.25) is 14.3 Å². The Morgan fingerprint density at radius 1 is 1.23 bits per heavy atom. The summed E-state index contributed by atoms with van der Waals surface area (Å²) in [4.78, 5) is 24.4. The molecule has 0 radical (unpaired) electrons. The van der Waals surface area contributed by atoms with Crippen LogP contribution in [-0.4, -0.2) is 27.4 Å². The first-order valence-corrected chi connectivity index (χ1v) is 9.04. The van der Waals surface area contributed by atoms with Crippen molar-refractivity contribution in [3.63, 3.8) is 0 Å². The van der Waals surface area contributed by atoms with Gasteiger partial charge in [-0.2, -0.15) is 5.01 Å². The second kappa shape index (κ2) is 7.35. The summed E-state index contributed by atoms with van der Waals surface area (Å²) in [6.45, 7) is 3.61. The largest absolute Gasteiger partial charge is 0.483 e. The molecule has 2 aromatic rings. The number of nitrogens with two attached hydrogens (primary N) is 1. The summed E-state index contributed by atoms with van der Waals surface area (Å²) in [6, 6.07) is 11.0. The SMILES string of the molecule is Cc1ccc(C)n1N1C(=O)/C(=C\c2ccccc2OCC(N)=O)SC1=S. The molecule has 2 heterocycles. The third kappa shape index (κ3) is 3.51. The van der Waals surface area contributed by atoms with Gasteiger partial charge in [-0.1, -0.05) is 30.0 Å². The van der Waals surface area contributed by atoms with Crippen LogP contribution < -0.4 is 15.5 Å². The lowest BCUT2D eigenvalue weighted by Crippen LogP contribution is -2.39. The van der Waals surface area contributed by atoms with Gasteiger partial charge in [0.2, 0.25) is 0 Å². The van der Waals surface area contributed by atoms with Crippen molar-refractivity contribution in [2.24, 2.45) is 5.73 Å². The first-order valence-electron chi connectivity index (χ1n) is 7.82. The van der Waals surface area contributed by atoms with Gasteiger partial charge in [0, 0.05) is 17.0 Å². The molecule has 1 saturated heterocycles. The number of thioether (sulfide) groups is 1. The number of rotatable bonds is 5. The van der Waals surface area contributed by atoms with E-state index in [4.69, 9.17) is 22.7 Å². The number of aromatic nitrogens is 1. The molecule has 0 bridgehead atoms. The lowest BCUT2D eigenvalue weighted by atomic mass is 10.2. The topological polar surface area (TPSA) is 77.6 Å². The number of benzene rings is 1. The van der Waals surface area contributed by atoms with Crippen LogP contribution >= 0.6 is 24.0 Å². The van der Waals surface area contributed by atoms with Crippen molar-refractivity contribution in [3.8, 4) is 5.75 Å². The van der Waals surface area contributed by atoms with Crippen molar-refractivity contribution in [2.45, 2.75) is 13.8 Å². The third-order valence-corrected chi connectivity index (χ3v) is 5.07. The van der Waals surface area contributed by atoms with Crippen molar-refractivity contribution in [1.29, 1.82) is 0 Å². The van der Waals surface area contributed by atoms with E-state index in [1.54, 1.807) is 29.0 Å². The Kier molecular flexibility index (Phi) is 5.15. The Hall–Kier alpha value is -2.58. The van der Waals surface area contributed by atoms with Crippen LogP contribution in [-0.2, 0) is 9.59 Å². The van der Waals surface area contributed by atoms with Gasteiger partial charge in [-0.15, -0.1) is 0 Å². The van der Waals surface area contributed by atoms with Crippen molar-refractivity contribution in [2.75, 3.05) is 11.6 Å². The monoisotopic (exact) mass is 387 g/mol. The van der Waals surface area contributed by atoms with E-state index in [0.29, 0.717) is 20.5 Å². The molecule has 1 fully saturated rings. The zero-order chi connectivity index (χ0) is 18.8. The van der Waals surface area contributed by atoms with E-state index in [1.807, 2.05) is 32.0 Å². The third-order valence-electron chi connectivity index (χ3n) is 3.78.